The molecular formula is C19H14N2O2. The molecule has 0 N–H and O–H groups in total. The third-order valence-electron chi connectivity index (χ3n) is 3.17. The first kappa shape index (κ1) is 14.6. The lowest BCUT2D eigenvalue weighted by Crippen LogP contribution is -1.95. The van der Waals surface area contributed by atoms with Crippen LogP contribution in [-0.2, 0) is 6.61 Å². The minimum Gasteiger partial charge on any atom is -0.489 e. The van der Waals surface area contributed by atoms with Crippen molar-refractivity contribution in [2.45, 2.75) is 6.61 Å². The van der Waals surface area contributed by atoms with Crippen LogP contribution in [0.2, 0.25) is 0 Å². The fraction of sp³-hybridized carbons (Fsp3) is 0.0526. The summed E-state index contributed by atoms with van der Waals surface area (Å²) in [6.07, 6.45) is 1.68. The highest BCUT2D eigenvalue weighted by Crippen LogP contribution is 2.22. The molecule has 0 radical (unpaired) electrons. The summed E-state index contributed by atoms with van der Waals surface area (Å²) in [6.45, 7) is 0.451. The van der Waals surface area contributed by atoms with Gasteiger partial charge in [-0.3, -0.25) is 0 Å². The number of rotatable bonds is 5. The topological polar surface area (TPSA) is 55.1 Å². The van der Waals surface area contributed by atoms with E-state index in [0.717, 1.165) is 11.3 Å². The number of hydrogen-bond donors (Lipinski definition) is 0. The van der Waals surface area contributed by atoms with Crippen molar-refractivity contribution in [3.63, 3.8) is 0 Å². The molecule has 3 rings (SSSR count). The highest BCUT2D eigenvalue weighted by Gasteiger charge is 2.00. The van der Waals surface area contributed by atoms with Gasteiger partial charge in [-0.05, 0) is 48.0 Å². The Bertz CT molecular complexity index is 792. The molecule has 0 saturated heterocycles. The van der Waals surface area contributed by atoms with Crippen molar-refractivity contribution in [1.29, 1.82) is 5.26 Å². The van der Waals surface area contributed by atoms with Gasteiger partial charge >= 0.3 is 0 Å². The number of hydrogen-bond acceptors (Lipinski definition) is 4. The molecule has 4 nitrogen and oxygen atoms in total. The molecule has 1 aromatic heterocycles. The number of ether oxygens (including phenoxy) is 2. The van der Waals surface area contributed by atoms with Crippen LogP contribution in [0.15, 0.2) is 72.9 Å². The molecule has 0 spiro atoms. The predicted molar refractivity (Wildman–Crippen MR) is 86.2 cm³/mol. The van der Waals surface area contributed by atoms with E-state index in [-0.39, 0.29) is 0 Å². The first-order chi connectivity index (χ1) is 11.3. The molecule has 0 aliphatic heterocycles. The van der Waals surface area contributed by atoms with Crippen molar-refractivity contribution in [3.05, 3.63) is 84.1 Å². The van der Waals surface area contributed by atoms with E-state index in [9.17, 15) is 0 Å². The van der Waals surface area contributed by atoms with Crippen molar-refractivity contribution < 1.29 is 9.47 Å². The highest BCUT2D eigenvalue weighted by atomic mass is 16.5. The van der Waals surface area contributed by atoms with Crippen molar-refractivity contribution in [3.8, 4) is 23.4 Å². The van der Waals surface area contributed by atoms with Crippen molar-refractivity contribution in [2.24, 2.45) is 0 Å². The molecule has 0 atom stereocenters. The van der Waals surface area contributed by atoms with Gasteiger partial charge in [0.05, 0.1) is 11.6 Å². The van der Waals surface area contributed by atoms with E-state index >= 15 is 0 Å². The molecule has 0 aliphatic rings. The summed E-state index contributed by atoms with van der Waals surface area (Å²) in [6, 6.07) is 22.3. The smallest absolute Gasteiger partial charge is 0.219 e. The standard InChI is InChI=1S/C19H14N2O2/c20-13-15-4-6-16(7-5-15)14-22-17-8-10-18(11-9-17)23-19-3-1-2-12-21-19/h1-12H,14H2. The first-order valence-electron chi connectivity index (χ1n) is 7.14. The van der Waals surface area contributed by atoms with Crippen LogP contribution < -0.4 is 9.47 Å². The molecule has 0 aliphatic carbocycles. The second-order valence-corrected chi connectivity index (χ2v) is 4.84. The van der Waals surface area contributed by atoms with Gasteiger partial charge in [0.1, 0.15) is 18.1 Å². The fourth-order valence-corrected chi connectivity index (χ4v) is 1.97. The Morgan fingerprint density at radius 2 is 1.61 bits per heavy atom. The minimum absolute atomic E-state index is 0.451. The highest BCUT2D eigenvalue weighted by molar-refractivity contribution is 5.34. The van der Waals surface area contributed by atoms with Gasteiger partial charge in [-0.25, -0.2) is 4.98 Å². The van der Waals surface area contributed by atoms with Crippen LogP contribution in [-0.4, -0.2) is 4.98 Å². The van der Waals surface area contributed by atoms with E-state index in [0.29, 0.717) is 23.8 Å². The molecule has 2 aromatic carbocycles. The van der Waals surface area contributed by atoms with E-state index in [2.05, 4.69) is 11.1 Å². The zero-order valence-electron chi connectivity index (χ0n) is 12.3. The molecule has 0 fully saturated rings. The normalized spacial score (nSPS) is 9.87. The van der Waals surface area contributed by atoms with E-state index in [1.807, 2.05) is 48.5 Å². The molecule has 112 valence electrons. The summed E-state index contributed by atoms with van der Waals surface area (Å²) in [5, 5.41) is 8.77. The largest absolute Gasteiger partial charge is 0.489 e. The number of benzene rings is 2. The zero-order valence-corrected chi connectivity index (χ0v) is 12.3. The maximum absolute atomic E-state index is 8.77. The molecule has 23 heavy (non-hydrogen) atoms. The van der Waals surface area contributed by atoms with Crippen LogP contribution in [0.3, 0.4) is 0 Å². The summed E-state index contributed by atoms with van der Waals surface area (Å²) >= 11 is 0. The summed E-state index contributed by atoms with van der Waals surface area (Å²) in [7, 11) is 0. The Morgan fingerprint density at radius 3 is 2.26 bits per heavy atom. The van der Waals surface area contributed by atoms with Gasteiger partial charge in [-0.15, -0.1) is 0 Å². The second kappa shape index (κ2) is 7.10. The summed E-state index contributed by atoms with van der Waals surface area (Å²) in [5.41, 5.74) is 1.66. The van der Waals surface area contributed by atoms with Gasteiger partial charge in [-0.1, -0.05) is 18.2 Å². The van der Waals surface area contributed by atoms with E-state index in [1.165, 1.54) is 0 Å². The maximum Gasteiger partial charge on any atom is 0.219 e. The van der Waals surface area contributed by atoms with Crippen LogP contribution in [0.1, 0.15) is 11.1 Å². The van der Waals surface area contributed by atoms with E-state index in [1.54, 1.807) is 24.4 Å². The Balaban J connectivity index is 1.58. The molecular weight excluding hydrogens is 288 g/mol. The van der Waals surface area contributed by atoms with Gasteiger partial charge < -0.3 is 9.47 Å². The minimum atomic E-state index is 0.451. The van der Waals surface area contributed by atoms with Crippen molar-refractivity contribution in [1.82, 2.24) is 4.98 Å². The second-order valence-electron chi connectivity index (χ2n) is 4.84. The molecule has 1 heterocycles. The first-order valence-corrected chi connectivity index (χ1v) is 7.14. The quantitative estimate of drug-likeness (QED) is 0.704. The average molecular weight is 302 g/mol. The third kappa shape index (κ3) is 4.08. The molecule has 3 aromatic rings. The summed E-state index contributed by atoms with van der Waals surface area (Å²) in [5.74, 6) is 2.01. The maximum atomic E-state index is 8.77. The lowest BCUT2D eigenvalue weighted by molar-refractivity contribution is 0.305. The van der Waals surface area contributed by atoms with Crippen LogP contribution in [0, 0.1) is 11.3 Å². The van der Waals surface area contributed by atoms with E-state index < -0.39 is 0 Å². The summed E-state index contributed by atoms with van der Waals surface area (Å²) < 4.78 is 11.3. The molecule has 4 heteroatoms. The SMILES string of the molecule is N#Cc1ccc(COc2ccc(Oc3ccccn3)cc2)cc1. The van der Waals surface area contributed by atoms with Crippen LogP contribution in [0.25, 0.3) is 0 Å². The molecule has 0 saturated carbocycles. The fourth-order valence-electron chi connectivity index (χ4n) is 1.97. The lowest BCUT2D eigenvalue weighted by Gasteiger charge is -2.08. The predicted octanol–water partition coefficient (Wildman–Crippen LogP) is 4.32. The van der Waals surface area contributed by atoms with Gasteiger partial charge in [0.25, 0.3) is 0 Å². The van der Waals surface area contributed by atoms with Crippen LogP contribution in [0.4, 0.5) is 0 Å². The monoisotopic (exact) mass is 302 g/mol. The van der Waals surface area contributed by atoms with Gasteiger partial charge in [-0.2, -0.15) is 5.26 Å². The Kier molecular flexibility index (Phi) is 4.51. The summed E-state index contributed by atoms with van der Waals surface area (Å²) in [4.78, 5) is 4.11. The number of aromatic nitrogens is 1. The number of nitrogens with zero attached hydrogens (tertiary/aromatic N) is 2. The van der Waals surface area contributed by atoms with E-state index in [4.69, 9.17) is 14.7 Å². The Hall–Kier alpha value is -3.32. The van der Waals surface area contributed by atoms with Crippen molar-refractivity contribution >= 4 is 0 Å². The molecule has 0 unspecified atom stereocenters. The average Bonchev–Trinajstić information content (AvgIpc) is 2.62. The Labute approximate surface area is 134 Å². The van der Waals surface area contributed by atoms with Crippen LogP contribution in [0.5, 0.6) is 17.4 Å². The van der Waals surface area contributed by atoms with Gasteiger partial charge in [0.2, 0.25) is 5.88 Å². The van der Waals surface area contributed by atoms with Crippen LogP contribution >= 0.6 is 0 Å². The van der Waals surface area contributed by atoms with Gasteiger partial charge in [0.15, 0.2) is 0 Å². The van der Waals surface area contributed by atoms with Gasteiger partial charge in [0, 0.05) is 12.3 Å². The number of nitriles is 1. The molecule has 0 amide bonds. The Morgan fingerprint density at radius 1 is 0.870 bits per heavy atom. The number of pyridine rings is 1. The van der Waals surface area contributed by atoms with Crippen molar-refractivity contribution in [2.75, 3.05) is 0 Å². The zero-order chi connectivity index (χ0) is 15.9. The lowest BCUT2D eigenvalue weighted by atomic mass is 10.2. The molecule has 0 bridgehead atoms. The third-order valence-corrected chi connectivity index (χ3v) is 3.17.